The van der Waals surface area contributed by atoms with Gasteiger partial charge in [0.15, 0.2) is 0 Å². The summed E-state index contributed by atoms with van der Waals surface area (Å²) in [6.07, 6.45) is 7.62. The van der Waals surface area contributed by atoms with E-state index in [1.54, 1.807) is 6.20 Å². The van der Waals surface area contributed by atoms with Crippen molar-refractivity contribution >= 4 is 11.4 Å². The molecule has 4 heteroatoms. The number of pyridine rings is 2. The number of rotatable bonds is 2. The first kappa shape index (κ1) is 13.1. The third-order valence-corrected chi connectivity index (χ3v) is 4.36. The Morgan fingerprint density at radius 3 is 2.95 bits per heavy atom. The number of hydrogen-bond donors (Lipinski definition) is 0. The summed E-state index contributed by atoms with van der Waals surface area (Å²) in [7, 11) is 0. The Hall–Kier alpha value is -2.62. The Bertz CT molecular complexity index is 809. The second-order valence-corrected chi connectivity index (χ2v) is 5.66. The quantitative estimate of drug-likeness (QED) is 0.726. The lowest BCUT2D eigenvalue weighted by molar-refractivity contribution is 0.0728. The van der Waals surface area contributed by atoms with Gasteiger partial charge in [0.1, 0.15) is 5.69 Å². The molecule has 1 atom stereocenters. The minimum Gasteiger partial charge on any atom is -0.330 e. The van der Waals surface area contributed by atoms with Crippen LogP contribution in [0.5, 0.6) is 0 Å². The highest BCUT2D eigenvalue weighted by molar-refractivity contribution is 5.94. The van der Waals surface area contributed by atoms with Gasteiger partial charge in [0.05, 0.1) is 6.04 Å². The van der Waals surface area contributed by atoms with Crippen molar-refractivity contribution in [2.24, 2.45) is 0 Å². The molecule has 0 N–H and O–H groups in total. The van der Waals surface area contributed by atoms with Crippen LogP contribution in [0, 0.1) is 0 Å². The molecule has 4 heterocycles. The molecule has 3 aromatic rings. The third kappa shape index (κ3) is 2.08. The number of fused-ring (bicyclic) bond motifs is 1. The highest BCUT2D eigenvalue weighted by Gasteiger charge is 2.31. The monoisotopic (exact) mass is 291 g/mol. The van der Waals surface area contributed by atoms with Crippen LogP contribution in [0.15, 0.2) is 61.1 Å². The summed E-state index contributed by atoms with van der Waals surface area (Å²) in [6, 6.07) is 14.0. The van der Waals surface area contributed by atoms with Crippen molar-refractivity contribution in [2.75, 3.05) is 6.54 Å². The topological polar surface area (TPSA) is 37.6 Å². The maximum absolute atomic E-state index is 13.0. The lowest BCUT2D eigenvalue weighted by atomic mass is 10.1. The predicted octanol–water partition coefficient (Wildman–Crippen LogP) is 3.31. The molecule has 0 spiro atoms. The van der Waals surface area contributed by atoms with Crippen molar-refractivity contribution in [3.63, 3.8) is 0 Å². The molecule has 1 aliphatic heterocycles. The first-order valence-corrected chi connectivity index (χ1v) is 7.61. The van der Waals surface area contributed by atoms with E-state index in [1.165, 1.54) is 0 Å². The van der Waals surface area contributed by atoms with Crippen LogP contribution in [0.1, 0.15) is 34.9 Å². The Morgan fingerprint density at radius 2 is 2.09 bits per heavy atom. The standard InChI is InChI=1S/C18H17N3O/c22-18(17-9-8-15-6-1-2-11-20(15)17)21-12-4-7-16(21)14-5-3-10-19-13-14/h1-3,5-6,8-11,13,16H,4,7,12H2. The zero-order valence-corrected chi connectivity index (χ0v) is 12.2. The van der Waals surface area contributed by atoms with Crippen LogP contribution in [0.25, 0.3) is 5.52 Å². The number of carbonyl (C=O) groups is 1. The third-order valence-electron chi connectivity index (χ3n) is 4.36. The second kappa shape index (κ2) is 5.30. The summed E-state index contributed by atoms with van der Waals surface area (Å²) in [4.78, 5) is 19.2. The van der Waals surface area contributed by atoms with E-state index in [4.69, 9.17) is 0 Å². The van der Waals surface area contributed by atoms with Crippen LogP contribution in [0.3, 0.4) is 0 Å². The highest BCUT2D eigenvalue weighted by atomic mass is 16.2. The van der Waals surface area contributed by atoms with Crippen LogP contribution < -0.4 is 0 Å². The van der Waals surface area contributed by atoms with Gasteiger partial charge in [-0.1, -0.05) is 12.1 Å². The number of amides is 1. The average molecular weight is 291 g/mol. The summed E-state index contributed by atoms with van der Waals surface area (Å²) < 4.78 is 1.96. The smallest absolute Gasteiger partial charge is 0.271 e. The van der Waals surface area contributed by atoms with Gasteiger partial charge < -0.3 is 9.30 Å². The molecule has 3 aromatic heterocycles. The maximum atomic E-state index is 13.0. The van der Waals surface area contributed by atoms with Gasteiger partial charge in [-0.15, -0.1) is 0 Å². The fourth-order valence-corrected chi connectivity index (χ4v) is 3.31. The largest absolute Gasteiger partial charge is 0.330 e. The van der Waals surface area contributed by atoms with Gasteiger partial charge in [-0.25, -0.2) is 0 Å². The van der Waals surface area contributed by atoms with E-state index < -0.39 is 0 Å². The molecule has 1 amide bonds. The molecule has 22 heavy (non-hydrogen) atoms. The Balaban J connectivity index is 1.70. The van der Waals surface area contributed by atoms with Gasteiger partial charge in [-0.05, 0) is 48.7 Å². The number of nitrogens with zero attached hydrogens (tertiary/aromatic N) is 3. The molecule has 0 aromatic carbocycles. The fraction of sp³-hybridized carbons (Fsp3) is 0.222. The van der Waals surface area contributed by atoms with Crippen LogP contribution >= 0.6 is 0 Å². The van der Waals surface area contributed by atoms with Crippen LogP contribution in [-0.4, -0.2) is 26.7 Å². The van der Waals surface area contributed by atoms with Gasteiger partial charge in [-0.3, -0.25) is 9.78 Å². The van der Waals surface area contributed by atoms with Crippen LogP contribution in [0.2, 0.25) is 0 Å². The molecule has 1 aliphatic rings. The van der Waals surface area contributed by atoms with E-state index >= 15 is 0 Å². The summed E-state index contributed by atoms with van der Waals surface area (Å²) in [5, 5.41) is 0. The Morgan fingerprint density at radius 1 is 1.14 bits per heavy atom. The van der Waals surface area contributed by atoms with E-state index in [0.29, 0.717) is 0 Å². The Kier molecular flexibility index (Phi) is 3.15. The molecule has 0 aliphatic carbocycles. The molecule has 0 bridgehead atoms. The minimum atomic E-state index is 0.0950. The number of aromatic nitrogens is 2. The maximum Gasteiger partial charge on any atom is 0.271 e. The normalized spacial score (nSPS) is 18.0. The van der Waals surface area contributed by atoms with Crippen molar-refractivity contribution in [1.82, 2.24) is 14.3 Å². The van der Waals surface area contributed by atoms with Crippen molar-refractivity contribution in [2.45, 2.75) is 18.9 Å². The van der Waals surface area contributed by atoms with Gasteiger partial charge in [0, 0.05) is 30.7 Å². The minimum absolute atomic E-state index is 0.0950. The first-order valence-electron chi connectivity index (χ1n) is 7.61. The zero-order valence-electron chi connectivity index (χ0n) is 12.2. The van der Waals surface area contributed by atoms with Gasteiger partial charge in [-0.2, -0.15) is 0 Å². The lowest BCUT2D eigenvalue weighted by Crippen LogP contribution is -2.31. The number of hydrogen-bond acceptors (Lipinski definition) is 2. The Labute approximate surface area is 129 Å². The molecule has 0 radical (unpaired) electrons. The SMILES string of the molecule is O=C(c1ccc2ccccn12)N1CCCC1c1cccnc1. The molecular formula is C18H17N3O. The van der Waals surface area contributed by atoms with Crippen LogP contribution in [0.4, 0.5) is 0 Å². The molecule has 1 saturated heterocycles. The fourth-order valence-electron chi connectivity index (χ4n) is 3.31. The summed E-state index contributed by atoms with van der Waals surface area (Å²) >= 11 is 0. The molecule has 0 saturated carbocycles. The predicted molar refractivity (Wildman–Crippen MR) is 84.6 cm³/mol. The zero-order chi connectivity index (χ0) is 14.9. The average Bonchev–Trinajstić information content (AvgIpc) is 3.22. The summed E-state index contributed by atoms with van der Waals surface area (Å²) in [5.74, 6) is 0.0950. The number of likely N-dealkylation sites (tertiary alicyclic amines) is 1. The first-order chi connectivity index (χ1) is 10.8. The van der Waals surface area contributed by atoms with Crippen molar-refractivity contribution < 1.29 is 4.79 Å². The molecule has 4 nitrogen and oxygen atoms in total. The highest BCUT2D eigenvalue weighted by Crippen LogP contribution is 2.32. The van der Waals surface area contributed by atoms with Gasteiger partial charge >= 0.3 is 0 Å². The molecule has 1 unspecified atom stereocenters. The number of carbonyl (C=O) groups excluding carboxylic acids is 1. The van der Waals surface area contributed by atoms with Crippen molar-refractivity contribution in [1.29, 1.82) is 0 Å². The molecule has 4 rings (SSSR count). The van der Waals surface area contributed by atoms with Gasteiger partial charge in [0.2, 0.25) is 0 Å². The van der Waals surface area contributed by atoms with Crippen molar-refractivity contribution in [3.8, 4) is 0 Å². The van der Waals surface area contributed by atoms with Crippen molar-refractivity contribution in [3.05, 3.63) is 72.3 Å². The van der Waals surface area contributed by atoms with Gasteiger partial charge in [0.25, 0.3) is 5.91 Å². The van der Waals surface area contributed by atoms with E-state index in [9.17, 15) is 4.79 Å². The molecule has 1 fully saturated rings. The lowest BCUT2D eigenvalue weighted by Gasteiger charge is -2.24. The van der Waals surface area contributed by atoms with E-state index in [-0.39, 0.29) is 11.9 Å². The van der Waals surface area contributed by atoms with Crippen LogP contribution in [-0.2, 0) is 0 Å². The summed E-state index contributed by atoms with van der Waals surface area (Å²) in [5.41, 5.74) is 2.89. The second-order valence-electron chi connectivity index (χ2n) is 5.66. The summed E-state index contributed by atoms with van der Waals surface area (Å²) in [6.45, 7) is 0.804. The van der Waals surface area contributed by atoms with E-state index in [1.807, 2.05) is 58.1 Å². The molecular weight excluding hydrogens is 274 g/mol. The van der Waals surface area contributed by atoms with E-state index in [0.717, 1.165) is 36.2 Å². The van der Waals surface area contributed by atoms with E-state index in [2.05, 4.69) is 11.1 Å². The molecule has 110 valence electrons.